The first-order valence-corrected chi connectivity index (χ1v) is 22.2. The smallest absolute Gasteiger partial charge is 0.303 e. The number of allylic oxidation sites excluding steroid dienone is 1. The summed E-state index contributed by atoms with van der Waals surface area (Å²) in [5.41, 5.74) is 3.25. The maximum absolute atomic E-state index is 14.4. The van der Waals surface area contributed by atoms with Crippen molar-refractivity contribution < 1.29 is 27.9 Å². The Kier molecular flexibility index (Phi) is 10.3. The number of sulfone groups is 1. The highest BCUT2D eigenvalue weighted by Gasteiger charge is 2.68. The maximum Gasteiger partial charge on any atom is 0.303 e. The molecule has 9 heteroatoms. The maximum atomic E-state index is 14.4. The van der Waals surface area contributed by atoms with Gasteiger partial charge in [-0.15, -0.1) is 0 Å². The molecule has 2 N–H and O–H groups in total. The van der Waals surface area contributed by atoms with Gasteiger partial charge in [-0.2, -0.15) is 0 Å². The van der Waals surface area contributed by atoms with Gasteiger partial charge in [0.25, 0.3) is 0 Å². The number of Topliss-reactive ketones (excluding diaryl/α,β-unsaturated/α-hetero) is 1. The lowest BCUT2D eigenvalue weighted by molar-refractivity contribution is -0.194. The van der Waals surface area contributed by atoms with Crippen molar-refractivity contribution in [3.8, 4) is 0 Å². The number of carboxylic acid groups (broad SMARTS) is 1. The van der Waals surface area contributed by atoms with E-state index >= 15 is 0 Å². The van der Waals surface area contributed by atoms with E-state index in [-0.39, 0.29) is 63.1 Å². The molecule has 6 aliphatic rings. The molecule has 0 bridgehead atoms. The third-order valence-corrected chi connectivity index (χ3v) is 18.3. The number of amides is 1. The van der Waals surface area contributed by atoms with Crippen LogP contribution in [-0.4, -0.2) is 73.8 Å². The average Bonchev–Trinajstić information content (AvgIpc) is 3.04. The van der Waals surface area contributed by atoms with E-state index < -0.39 is 21.2 Å². The minimum atomic E-state index is -2.89. The molecule has 1 amide bonds. The Morgan fingerprint density at radius 1 is 0.824 bits per heavy atom. The molecule has 1 saturated heterocycles. The van der Waals surface area contributed by atoms with Gasteiger partial charge in [0.2, 0.25) is 5.91 Å². The normalized spacial score (nSPS) is 39.9. The van der Waals surface area contributed by atoms with Gasteiger partial charge < -0.3 is 15.3 Å². The van der Waals surface area contributed by atoms with E-state index in [1.54, 1.807) is 5.57 Å². The molecule has 1 aliphatic heterocycles. The van der Waals surface area contributed by atoms with Crippen LogP contribution in [-0.2, 0) is 24.2 Å². The van der Waals surface area contributed by atoms with Gasteiger partial charge in [-0.1, -0.05) is 59.6 Å². The van der Waals surface area contributed by atoms with Crippen molar-refractivity contribution >= 4 is 27.5 Å². The van der Waals surface area contributed by atoms with Crippen molar-refractivity contribution in [2.45, 2.75) is 145 Å². The number of carbonyl (C=O) groups excluding carboxylic acids is 2. The zero-order valence-corrected chi connectivity index (χ0v) is 33.7. The molecule has 0 unspecified atom stereocenters. The number of ketones is 1. The number of rotatable bonds is 10. The standard InChI is InChI=1S/C42H68N2O6S/c1-37(2)17-19-42(36(48)43-21-8-22-44-23-25-51(49,50)26-24-44)20-18-40(6)31(32(42)28-37)10-11-34-39(5)15-13-29(27-30(45)9-12-35(46)47)38(3,4)33(39)14-16-41(34,40)7/h29,33-34H,8-28H2,1-7H3,(H,43,48)(H,46,47)/t29-,33+,34-,39+,40-,41-,42+/m1/s1. The molecule has 0 aromatic carbocycles. The summed E-state index contributed by atoms with van der Waals surface area (Å²) in [6.07, 6.45) is 13.1. The van der Waals surface area contributed by atoms with Gasteiger partial charge in [0, 0.05) is 32.5 Å². The summed E-state index contributed by atoms with van der Waals surface area (Å²) < 4.78 is 23.7. The van der Waals surface area contributed by atoms with E-state index in [1.807, 2.05) is 0 Å². The van der Waals surface area contributed by atoms with Gasteiger partial charge in [0.15, 0.2) is 9.84 Å². The fourth-order valence-corrected chi connectivity index (χ4v) is 14.6. The minimum absolute atomic E-state index is 0.0196. The summed E-state index contributed by atoms with van der Waals surface area (Å²) in [7, 11) is -2.89. The van der Waals surface area contributed by atoms with Crippen LogP contribution in [0.15, 0.2) is 11.1 Å². The molecule has 1 heterocycles. The van der Waals surface area contributed by atoms with Crippen LogP contribution in [0.4, 0.5) is 0 Å². The summed E-state index contributed by atoms with van der Waals surface area (Å²) in [6.45, 7) is 20.0. The Hall–Kier alpha value is -1.74. The largest absolute Gasteiger partial charge is 0.481 e. The molecule has 5 aliphatic carbocycles. The zero-order chi connectivity index (χ0) is 37.3. The Bertz CT molecular complexity index is 1540. The van der Waals surface area contributed by atoms with Crippen molar-refractivity contribution in [2.24, 2.45) is 50.2 Å². The molecule has 288 valence electrons. The molecule has 7 atom stereocenters. The van der Waals surface area contributed by atoms with Crippen LogP contribution >= 0.6 is 0 Å². The monoisotopic (exact) mass is 728 g/mol. The van der Waals surface area contributed by atoms with Crippen molar-refractivity contribution in [1.82, 2.24) is 10.2 Å². The molecular weight excluding hydrogens is 661 g/mol. The van der Waals surface area contributed by atoms with Gasteiger partial charge in [0.05, 0.1) is 23.3 Å². The highest BCUT2D eigenvalue weighted by Crippen LogP contribution is 2.76. The fraction of sp³-hybridized carbons (Fsp3) is 0.881. The van der Waals surface area contributed by atoms with Gasteiger partial charge in [-0.25, -0.2) is 8.42 Å². The lowest BCUT2D eigenvalue weighted by atomic mass is 9.33. The van der Waals surface area contributed by atoms with E-state index in [9.17, 15) is 22.8 Å². The van der Waals surface area contributed by atoms with Crippen molar-refractivity contribution in [3.05, 3.63) is 11.1 Å². The van der Waals surface area contributed by atoms with E-state index in [1.165, 1.54) is 18.4 Å². The molecule has 8 nitrogen and oxygen atoms in total. The Balaban J connectivity index is 1.21. The summed E-state index contributed by atoms with van der Waals surface area (Å²) in [6, 6.07) is 0. The molecule has 5 fully saturated rings. The molecular formula is C42H68N2O6S. The van der Waals surface area contributed by atoms with Gasteiger partial charge >= 0.3 is 5.97 Å². The first-order valence-electron chi connectivity index (χ1n) is 20.4. The van der Waals surface area contributed by atoms with Crippen LogP contribution in [0.25, 0.3) is 0 Å². The first-order chi connectivity index (χ1) is 23.7. The van der Waals surface area contributed by atoms with E-state index in [4.69, 9.17) is 5.11 Å². The highest BCUT2D eigenvalue weighted by atomic mass is 32.2. The van der Waals surface area contributed by atoms with E-state index in [2.05, 4.69) is 58.7 Å². The third kappa shape index (κ3) is 6.80. The Morgan fingerprint density at radius 3 is 2.20 bits per heavy atom. The van der Waals surface area contributed by atoms with Crippen molar-refractivity contribution in [1.29, 1.82) is 0 Å². The Morgan fingerprint density at radius 2 is 1.51 bits per heavy atom. The Labute approximate surface area is 308 Å². The second kappa shape index (κ2) is 13.5. The number of nitrogens with zero attached hydrogens (tertiary/aromatic N) is 1. The van der Waals surface area contributed by atoms with Crippen LogP contribution in [0.2, 0.25) is 0 Å². The number of fused-ring (bicyclic) bond motifs is 6. The minimum Gasteiger partial charge on any atom is -0.481 e. The molecule has 0 aromatic rings. The fourth-order valence-electron chi connectivity index (χ4n) is 13.3. The molecule has 4 saturated carbocycles. The van der Waals surface area contributed by atoms with Crippen LogP contribution in [0, 0.1) is 50.2 Å². The summed E-state index contributed by atoms with van der Waals surface area (Å²) in [4.78, 5) is 40.7. The average molecular weight is 729 g/mol. The zero-order valence-electron chi connectivity index (χ0n) is 32.9. The third-order valence-electron chi connectivity index (χ3n) is 16.7. The number of nitrogens with one attached hydrogen (secondary N) is 1. The van der Waals surface area contributed by atoms with Crippen molar-refractivity contribution in [2.75, 3.05) is 37.7 Å². The predicted molar refractivity (Wildman–Crippen MR) is 202 cm³/mol. The summed E-state index contributed by atoms with van der Waals surface area (Å²) >= 11 is 0. The van der Waals surface area contributed by atoms with Crippen LogP contribution in [0.3, 0.4) is 0 Å². The number of aliphatic carboxylic acids is 1. The van der Waals surface area contributed by atoms with Crippen LogP contribution in [0.1, 0.15) is 145 Å². The molecule has 0 spiro atoms. The number of carbonyl (C=O) groups is 3. The molecule has 6 rings (SSSR count). The first kappa shape index (κ1) is 39.0. The summed E-state index contributed by atoms with van der Waals surface area (Å²) in [5.74, 6) is 1.33. The second-order valence-corrected chi connectivity index (χ2v) is 22.4. The topological polar surface area (TPSA) is 121 Å². The van der Waals surface area contributed by atoms with Crippen LogP contribution in [0.5, 0.6) is 0 Å². The lowest BCUT2D eigenvalue weighted by Crippen LogP contribution is -2.64. The molecule has 0 aromatic heterocycles. The molecule has 0 radical (unpaired) electrons. The van der Waals surface area contributed by atoms with Gasteiger partial charge in [-0.3, -0.25) is 14.4 Å². The van der Waals surface area contributed by atoms with E-state index in [0.29, 0.717) is 43.8 Å². The lowest BCUT2D eigenvalue weighted by Gasteiger charge is -2.71. The molecule has 51 heavy (non-hydrogen) atoms. The SMILES string of the molecule is CC1(C)CC[C@]2(C(=O)NCCCN3CCS(=O)(=O)CC3)CC[C@]3(C)C(=C2C1)CC[C@@H]1[C@@]2(C)CC[C@H](CC(=O)CCC(=O)O)C(C)(C)[C@@H]2CC[C@]13C. The number of hydrogen-bond donors (Lipinski definition) is 2. The predicted octanol–water partition coefficient (Wildman–Crippen LogP) is 7.61. The van der Waals surface area contributed by atoms with Crippen molar-refractivity contribution in [3.63, 3.8) is 0 Å². The van der Waals surface area contributed by atoms with Crippen LogP contribution < -0.4 is 5.32 Å². The quantitative estimate of drug-likeness (QED) is 0.176. The second-order valence-electron chi connectivity index (χ2n) is 20.1. The van der Waals surface area contributed by atoms with Gasteiger partial charge in [0.1, 0.15) is 5.78 Å². The number of carboxylic acids is 1. The highest BCUT2D eigenvalue weighted by molar-refractivity contribution is 7.91. The number of hydrogen-bond acceptors (Lipinski definition) is 6. The van der Waals surface area contributed by atoms with E-state index in [0.717, 1.165) is 70.8 Å². The summed E-state index contributed by atoms with van der Waals surface area (Å²) in [5, 5.41) is 12.5. The van der Waals surface area contributed by atoms with Gasteiger partial charge in [-0.05, 0) is 128 Å².